The van der Waals surface area contributed by atoms with Crippen molar-refractivity contribution in [3.63, 3.8) is 0 Å². The lowest BCUT2D eigenvalue weighted by atomic mass is 10.0. The molecule has 63 heavy (non-hydrogen) atoms. The van der Waals surface area contributed by atoms with Crippen LogP contribution < -0.4 is 26.2 Å². The van der Waals surface area contributed by atoms with Gasteiger partial charge in [-0.2, -0.15) is 0 Å². The lowest BCUT2D eigenvalue weighted by Gasteiger charge is -2.21. The zero-order chi connectivity index (χ0) is 44.5. The summed E-state index contributed by atoms with van der Waals surface area (Å²) in [5.41, 5.74) is 4.26. The van der Waals surface area contributed by atoms with Crippen LogP contribution in [0.25, 0.3) is 22.0 Å². The number of likely N-dealkylation sites (tertiary alicyclic amines) is 1. The molecule has 0 radical (unpaired) electrons. The Kier molecular flexibility index (Phi) is 15.0. The third kappa shape index (κ3) is 11.6. The number of fused-ring (bicyclic) bond motifs is 2. The van der Waals surface area contributed by atoms with E-state index >= 15 is 0 Å². The van der Waals surface area contributed by atoms with Gasteiger partial charge in [0.15, 0.2) is 0 Å². The van der Waals surface area contributed by atoms with Crippen molar-refractivity contribution < 1.29 is 34.1 Å². The van der Waals surface area contributed by atoms with Crippen LogP contribution >= 0.6 is 11.6 Å². The van der Waals surface area contributed by atoms with E-state index in [2.05, 4.69) is 25.8 Å². The van der Waals surface area contributed by atoms with E-state index in [1.807, 2.05) is 54.6 Å². The summed E-state index contributed by atoms with van der Waals surface area (Å²) >= 11 is 6.58. The van der Waals surface area contributed by atoms with Gasteiger partial charge in [-0.1, -0.05) is 66.2 Å². The van der Waals surface area contributed by atoms with Crippen molar-refractivity contribution >= 4 is 51.8 Å². The molecule has 2 aliphatic rings. The maximum absolute atomic E-state index is 13.0. The van der Waals surface area contributed by atoms with E-state index in [4.69, 9.17) is 21.1 Å². The molecule has 14 nitrogen and oxygen atoms in total. The molecule has 6 N–H and O–H groups in total. The monoisotopic (exact) mass is 878 g/mol. The van der Waals surface area contributed by atoms with Crippen molar-refractivity contribution in [2.75, 3.05) is 57.5 Å². The molecule has 0 bridgehead atoms. The van der Waals surface area contributed by atoms with Crippen LogP contribution in [-0.4, -0.2) is 95.9 Å². The molecule has 1 saturated carbocycles. The van der Waals surface area contributed by atoms with Crippen molar-refractivity contribution in [2.24, 2.45) is 11.8 Å². The van der Waals surface area contributed by atoms with Gasteiger partial charge in [0.25, 0.3) is 0 Å². The lowest BCUT2D eigenvalue weighted by Crippen LogP contribution is -2.33. The molecule has 4 aromatic carbocycles. The highest BCUT2D eigenvalue weighted by Gasteiger charge is 2.42. The van der Waals surface area contributed by atoms with Gasteiger partial charge in [0.05, 0.1) is 35.1 Å². The Hall–Kier alpha value is -5.93. The number of hydrogen-bond acceptors (Lipinski definition) is 10. The minimum Gasteiger partial charge on any atom is -0.506 e. The number of nitrogens with zero attached hydrogens (tertiary/aromatic N) is 2. The Morgan fingerprint density at radius 3 is 2.43 bits per heavy atom. The Morgan fingerprint density at radius 1 is 0.921 bits per heavy atom. The van der Waals surface area contributed by atoms with Gasteiger partial charge in [-0.3, -0.25) is 19.7 Å². The maximum Gasteiger partial charge on any atom is 0.411 e. The zero-order valence-electron chi connectivity index (χ0n) is 35.6. The Morgan fingerprint density at radius 2 is 1.67 bits per heavy atom. The summed E-state index contributed by atoms with van der Waals surface area (Å²) in [6.45, 7) is 3.47. The number of H-pyrrole nitrogens is 1. The Balaban J connectivity index is 0.774. The van der Waals surface area contributed by atoms with Crippen LogP contribution in [0.1, 0.15) is 55.8 Å². The van der Waals surface area contributed by atoms with Gasteiger partial charge in [0, 0.05) is 87.8 Å². The molecule has 2 heterocycles. The highest BCUT2D eigenvalue weighted by atomic mass is 35.5. The third-order valence-electron chi connectivity index (χ3n) is 12.1. The number of benzene rings is 4. The fourth-order valence-electron chi connectivity index (χ4n) is 8.81. The molecule has 1 aliphatic carbocycles. The van der Waals surface area contributed by atoms with Gasteiger partial charge >= 0.3 is 6.09 Å². The number of methoxy groups -OCH3 is 1. The summed E-state index contributed by atoms with van der Waals surface area (Å²) in [7, 11) is 3.32. The first-order chi connectivity index (χ1) is 30.4. The number of phenolic OH excluding ortho intramolecular Hbond substituents is 1. The highest BCUT2D eigenvalue weighted by molar-refractivity contribution is 6.33. The minimum absolute atomic E-state index is 0.0690. The number of carbonyl (C=O) groups is 3. The first-order valence-electron chi connectivity index (χ1n) is 21.4. The van der Waals surface area contributed by atoms with Gasteiger partial charge in [-0.05, 0) is 72.9 Å². The van der Waals surface area contributed by atoms with Gasteiger partial charge in [0.2, 0.25) is 17.4 Å². The van der Waals surface area contributed by atoms with E-state index in [1.165, 1.54) is 19.2 Å². The second kappa shape index (κ2) is 21.0. The Bertz CT molecular complexity index is 2450. The van der Waals surface area contributed by atoms with E-state index in [0.717, 1.165) is 48.3 Å². The number of anilines is 2. The second-order valence-electron chi connectivity index (χ2n) is 16.5. The van der Waals surface area contributed by atoms with Gasteiger partial charge in [-0.25, -0.2) is 4.79 Å². The number of halogens is 1. The molecule has 7 rings (SSSR count). The summed E-state index contributed by atoms with van der Waals surface area (Å²) in [6.07, 6.45) is 2.07. The van der Waals surface area contributed by atoms with Crippen LogP contribution in [-0.2, 0) is 20.9 Å². The van der Waals surface area contributed by atoms with E-state index in [9.17, 15) is 29.4 Å². The van der Waals surface area contributed by atoms with Gasteiger partial charge in [-0.15, -0.1) is 0 Å². The second-order valence-corrected chi connectivity index (χ2v) is 16.9. The molecule has 3 atom stereocenters. The quantitative estimate of drug-likeness (QED) is 0.0488. The number of aromatic amines is 1. The topological polar surface area (TPSA) is 186 Å². The molecule has 1 aromatic heterocycles. The number of aliphatic hydroxyl groups excluding tert-OH is 1. The molecule has 332 valence electrons. The average Bonchev–Trinajstić information content (AvgIpc) is 3.84. The molecule has 5 aromatic rings. The molecule has 3 amide bonds. The summed E-state index contributed by atoms with van der Waals surface area (Å²) in [5, 5.41) is 31.0. The predicted molar refractivity (Wildman–Crippen MR) is 244 cm³/mol. The van der Waals surface area contributed by atoms with Crippen LogP contribution in [0.3, 0.4) is 0 Å². The minimum atomic E-state index is -0.942. The molecule has 3 unspecified atom stereocenters. The summed E-state index contributed by atoms with van der Waals surface area (Å²) < 4.78 is 11.5. The van der Waals surface area contributed by atoms with Crippen LogP contribution in [0.2, 0.25) is 5.02 Å². The third-order valence-corrected chi connectivity index (χ3v) is 12.4. The summed E-state index contributed by atoms with van der Waals surface area (Å²) in [6, 6.07) is 27.0. The number of phenols is 1. The van der Waals surface area contributed by atoms with Gasteiger partial charge in [0.1, 0.15) is 17.6 Å². The molecule has 1 aliphatic heterocycles. The van der Waals surface area contributed by atoms with Crippen LogP contribution in [0, 0.1) is 11.8 Å². The average molecular weight is 879 g/mol. The standard InChI is InChI=1S/C48H55ClN6O8/c1-54(46(60)19-21-55-28-32-22-34(23-33(32)29-55)63-48(61)52-39-13-7-6-12-35(39)30-10-4-3-5-11-30)20-9-8-14-44(58)51-40-25-43(62-2)31(24-38(40)49)26-50-27-42(57)36-15-17-41(56)47-37(36)16-18-45(59)53-47/h3-7,10-13,15-18,24-25,32-34,42,50,56-57H,8-9,14,19-23,26-29H2,1-2H3,(H,51,58)(H,52,61)(H,53,59). The first-order valence-corrected chi connectivity index (χ1v) is 21.8. The van der Waals surface area contributed by atoms with Crippen molar-refractivity contribution in [2.45, 2.75) is 57.3 Å². The molecule has 2 fully saturated rings. The predicted octanol–water partition coefficient (Wildman–Crippen LogP) is 7.30. The van der Waals surface area contributed by atoms with Crippen LogP contribution in [0.4, 0.5) is 16.2 Å². The number of pyridine rings is 1. The van der Waals surface area contributed by atoms with Crippen molar-refractivity contribution in [1.29, 1.82) is 0 Å². The molecular weight excluding hydrogens is 824 g/mol. The number of amides is 3. The number of hydrogen-bond donors (Lipinski definition) is 6. The smallest absolute Gasteiger partial charge is 0.411 e. The normalized spacial score (nSPS) is 17.6. The number of nitrogens with one attached hydrogen (secondary N) is 4. The number of carbonyl (C=O) groups excluding carboxylic acids is 3. The number of aromatic nitrogens is 1. The molecule has 1 saturated heterocycles. The molecular formula is C48H55ClN6O8. The first kappa shape index (κ1) is 45.1. The number of aliphatic hydroxyl groups is 1. The van der Waals surface area contributed by atoms with Crippen molar-refractivity contribution in [3.05, 3.63) is 117 Å². The van der Waals surface area contributed by atoms with Crippen molar-refractivity contribution in [3.8, 4) is 22.6 Å². The summed E-state index contributed by atoms with van der Waals surface area (Å²) in [5.74, 6) is 1.15. The highest BCUT2D eigenvalue weighted by Crippen LogP contribution is 2.40. The fraction of sp³-hybridized carbons (Fsp3) is 0.375. The number of aromatic hydroxyl groups is 1. The maximum atomic E-state index is 13.0. The van der Waals surface area contributed by atoms with E-state index < -0.39 is 12.2 Å². The number of unbranched alkanes of at least 4 members (excludes halogenated alkanes) is 1. The molecule has 0 spiro atoms. The van der Waals surface area contributed by atoms with Crippen LogP contribution in [0.15, 0.2) is 95.8 Å². The zero-order valence-corrected chi connectivity index (χ0v) is 36.3. The SMILES string of the molecule is COc1cc(NC(=O)CCCCN(C)C(=O)CCN2CC3CC(OC(=O)Nc4ccccc4-c4ccccc4)CC3C2)c(Cl)cc1CNCC(O)c1ccc(O)c2[nH]c(=O)ccc12. The van der Waals surface area contributed by atoms with Crippen LogP contribution in [0.5, 0.6) is 11.5 Å². The fourth-order valence-corrected chi connectivity index (χ4v) is 9.04. The largest absolute Gasteiger partial charge is 0.506 e. The Labute approximate surface area is 371 Å². The number of para-hydroxylation sites is 1. The van der Waals surface area contributed by atoms with Crippen molar-refractivity contribution in [1.82, 2.24) is 20.1 Å². The van der Waals surface area contributed by atoms with E-state index in [-0.39, 0.29) is 47.7 Å². The number of ether oxygens (including phenoxy) is 2. The van der Waals surface area contributed by atoms with E-state index in [0.29, 0.717) is 78.1 Å². The molecule has 15 heteroatoms. The number of rotatable bonds is 18. The lowest BCUT2D eigenvalue weighted by molar-refractivity contribution is -0.130. The van der Waals surface area contributed by atoms with E-state index in [1.54, 1.807) is 36.2 Å². The van der Waals surface area contributed by atoms with Gasteiger partial charge < -0.3 is 45.1 Å². The summed E-state index contributed by atoms with van der Waals surface area (Å²) in [4.78, 5) is 57.2.